The van der Waals surface area contributed by atoms with Gasteiger partial charge in [-0.1, -0.05) is 19.9 Å². The van der Waals surface area contributed by atoms with Crippen LogP contribution in [0.5, 0.6) is 5.75 Å². The Labute approximate surface area is 290 Å². The van der Waals surface area contributed by atoms with E-state index in [2.05, 4.69) is 26.1 Å². The van der Waals surface area contributed by atoms with Crippen LogP contribution < -0.4 is 15.8 Å². The maximum absolute atomic E-state index is 13.6. The fraction of sp³-hybridized carbons (Fsp3) is 0.722. The van der Waals surface area contributed by atoms with Crippen LogP contribution in [-0.4, -0.2) is 84.0 Å². The van der Waals surface area contributed by atoms with Crippen molar-refractivity contribution in [2.45, 2.75) is 136 Å². The van der Waals surface area contributed by atoms with E-state index in [1.165, 1.54) is 11.3 Å². The topological polar surface area (TPSA) is 156 Å². The molecule has 49 heavy (non-hydrogen) atoms. The zero-order valence-corrected chi connectivity index (χ0v) is 30.8. The number of primary amides is 1. The molecule has 0 aromatic heterocycles. The number of alkyl carbamates (subject to hydrolysis) is 1. The molecule has 1 aromatic carbocycles. The summed E-state index contributed by atoms with van der Waals surface area (Å²) >= 11 is 0. The number of likely N-dealkylation sites (tertiary alicyclic amines) is 1. The van der Waals surface area contributed by atoms with E-state index in [-0.39, 0.29) is 43.7 Å². The van der Waals surface area contributed by atoms with Crippen molar-refractivity contribution in [2.24, 2.45) is 23.0 Å². The largest absolute Gasteiger partial charge is 0.486 e. The second-order valence-electron chi connectivity index (χ2n) is 17.0. The van der Waals surface area contributed by atoms with Crippen molar-refractivity contribution < 1.29 is 42.7 Å². The summed E-state index contributed by atoms with van der Waals surface area (Å²) in [6.07, 6.45) is 2.01. The highest BCUT2D eigenvalue weighted by Gasteiger charge is 2.67. The van der Waals surface area contributed by atoms with Crippen molar-refractivity contribution in [3.8, 4) is 5.75 Å². The zero-order chi connectivity index (χ0) is 36.3. The third kappa shape index (κ3) is 7.87. The van der Waals surface area contributed by atoms with Crippen LogP contribution in [0.15, 0.2) is 12.1 Å². The molecule has 0 spiro atoms. The van der Waals surface area contributed by atoms with Crippen molar-refractivity contribution in [1.29, 1.82) is 0 Å². The molecule has 2 aliphatic heterocycles. The van der Waals surface area contributed by atoms with E-state index in [0.717, 1.165) is 17.5 Å². The summed E-state index contributed by atoms with van der Waals surface area (Å²) in [6, 6.07) is 2.56. The molecule has 2 bridgehead atoms. The van der Waals surface area contributed by atoms with Crippen LogP contribution in [-0.2, 0) is 34.8 Å². The number of carbonyl (C=O) groups excluding carboxylic acids is 4. The minimum absolute atomic E-state index is 0.108. The highest BCUT2D eigenvalue weighted by molar-refractivity contribution is 6.45. The minimum Gasteiger partial charge on any atom is -0.486 e. The SMILES string of the molecule is Cc1c(CCB2O[C@@H]3C[C@@H]4C[C@@H](C4(C)C)[C@]3(C)O2)ccc(OC2CN(C(=O)[C@H](CC(N)=O)NC(=O)OC(C)(C)C)C2)c1C(=O)OC(C)(C)C. The maximum atomic E-state index is 13.6. The van der Waals surface area contributed by atoms with Gasteiger partial charge in [0.05, 0.1) is 31.2 Å². The van der Waals surface area contributed by atoms with E-state index >= 15 is 0 Å². The summed E-state index contributed by atoms with van der Waals surface area (Å²) in [5.74, 6) is -0.184. The van der Waals surface area contributed by atoms with Gasteiger partial charge in [-0.3, -0.25) is 9.59 Å². The van der Waals surface area contributed by atoms with Crippen LogP contribution in [0.2, 0.25) is 6.32 Å². The highest BCUT2D eigenvalue weighted by Crippen LogP contribution is 2.65. The smallest absolute Gasteiger partial charge is 0.457 e. The number of aryl methyl sites for hydroxylation is 1. The molecular formula is C36H54BN3O9. The Bertz CT molecular complexity index is 1480. The average molecular weight is 684 g/mol. The number of esters is 1. The molecule has 12 nitrogen and oxygen atoms in total. The Morgan fingerprint density at radius 2 is 1.69 bits per heavy atom. The summed E-state index contributed by atoms with van der Waals surface area (Å²) in [5.41, 5.74) is 5.91. The van der Waals surface area contributed by atoms with Gasteiger partial charge in [0.15, 0.2) is 0 Å². The first kappa shape index (κ1) is 37.0. The van der Waals surface area contributed by atoms with Gasteiger partial charge in [0.2, 0.25) is 11.8 Å². The lowest BCUT2D eigenvalue weighted by Crippen LogP contribution is -2.65. The van der Waals surface area contributed by atoms with Gasteiger partial charge in [0.1, 0.15) is 34.7 Å². The van der Waals surface area contributed by atoms with Crippen molar-refractivity contribution >= 4 is 31.0 Å². The molecule has 270 valence electrons. The predicted octanol–water partition coefficient (Wildman–Crippen LogP) is 4.58. The first-order valence-electron chi connectivity index (χ1n) is 17.5. The fourth-order valence-corrected chi connectivity index (χ4v) is 7.97. The first-order valence-corrected chi connectivity index (χ1v) is 17.5. The number of nitrogens with one attached hydrogen (secondary N) is 1. The quantitative estimate of drug-likeness (QED) is 0.266. The Morgan fingerprint density at radius 1 is 1.04 bits per heavy atom. The van der Waals surface area contributed by atoms with E-state index < -0.39 is 47.2 Å². The lowest BCUT2D eigenvalue weighted by atomic mass is 9.43. The third-order valence-corrected chi connectivity index (χ3v) is 10.6. The molecule has 5 atom stereocenters. The molecule has 5 fully saturated rings. The molecule has 6 rings (SSSR count). The normalized spacial score (nSPS) is 26.5. The van der Waals surface area contributed by atoms with Crippen LogP contribution in [0.4, 0.5) is 4.79 Å². The zero-order valence-electron chi connectivity index (χ0n) is 30.8. The molecule has 0 unspecified atom stereocenters. The molecule has 3 saturated carbocycles. The molecular weight excluding hydrogens is 629 g/mol. The summed E-state index contributed by atoms with van der Waals surface area (Å²) < 4.78 is 30.4. The molecule has 13 heteroatoms. The van der Waals surface area contributed by atoms with Crippen molar-refractivity contribution in [2.75, 3.05) is 13.1 Å². The van der Waals surface area contributed by atoms with Crippen LogP contribution in [0.1, 0.15) is 103 Å². The number of ether oxygens (including phenoxy) is 3. The minimum atomic E-state index is -1.18. The van der Waals surface area contributed by atoms with Gasteiger partial charge in [-0.2, -0.15) is 0 Å². The first-order chi connectivity index (χ1) is 22.6. The number of amides is 3. The Balaban J connectivity index is 1.25. The van der Waals surface area contributed by atoms with E-state index in [1.807, 2.05) is 33.8 Å². The lowest BCUT2D eigenvalue weighted by molar-refractivity contribution is -0.199. The van der Waals surface area contributed by atoms with Gasteiger partial charge in [-0.25, -0.2) is 9.59 Å². The average Bonchev–Trinajstić information content (AvgIpc) is 3.27. The predicted molar refractivity (Wildman–Crippen MR) is 183 cm³/mol. The monoisotopic (exact) mass is 683 g/mol. The van der Waals surface area contributed by atoms with Crippen LogP contribution in [0, 0.1) is 24.2 Å². The summed E-state index contributed by atoms with van der Waals surface area (Å²) in [6.45, 7) is 19.7. The van der Waals surface area contributed by atoms with Crippen molar-refractivity contribution in [1.82, 2.24) is 10.2 Å². The Kier molecular flexibility index (Phi) is 9.88. The fourth-order valence-electron chi connectivity index (χ4n) is 7.97. The molecule has 1 aromatic rings. The third-order valence-electron chi connectivity index (χ3n) is 10.6. The van der Waals surface area contributed by atoms with Crippen LogP contribution in [0.3, 0.4) is 0 Å². The van der Waals surface area contributed by atoms with Gasteiger partial charge in [-0.15, -0.1) is 0 Å². The number of rotatable bonds is 10. The number of hydrogen-bond acceptors (Lipinski definition) is 9. The standard InChI is InChI=1S/C36H54BN3O9/c1-20-21(13-14-37-48-27-16-22-15-26(35(22,8)9)36(27,10)49-37)11-12-25(29(20)31(43)46-33(2,3)4)45-23-18-40(19-23)30(42)24(17-28(38)41)39-32(44)47-34(5,6)7/h11-12,22-24,26-27H,13-19H2,1-10H3,(H2,38,41)(H,39,44)/t22-,24-,26-,27+,36-/m0/s1. The summed E-state index contributed by atoms with van der Waals surface area (Å²) in [4.78, 5) is 52.3. The van der Waals surface area contributed by atoms with Gasteiger partial charge < -0.3 is 39.5 Å². The number of hydrogen-bond donors (Lipinski definition) is 2. The number of nitrogens with two attached hydrogens (primary N) is 1. The van der Waals surface area contributed by atoms with E-state index in [1.54, 1.807) is 26.8 Å². The molecule has 3 amide bonds. The molecule has 0 radical (unpaired) electrons. The lowest BCUT2D eigenvalue weighted by Gasteiger charge is -2.64. The van der Waals surface area contributed by atoms with E-state index in [9.17, 15) is 19.2 Å². The summed E-state index contributed by atoms with van der Waals surface area (Å²) in [5, 5.41) is 2.46. The van der Waals surface area contributed by atoms with Crippen LogP contribution >= 0.6 is 0 Å². The summed E-state index contributed by atoms with van der Waals surface area (Å²) in [7, 11) is -0.313. The van der Waals surface area contributed by atoms with Crippen LogP contribution in [0.25, 0.3) is 0 Å². The number of nitrogens with zero attached hydrogens (tertiary/aromatic N) is 1. The molecule has 2 heterocycles. The Morgan fingerprint density at radius 3 is 2.29 bits per heavy atom. The van der Waals surface area contributed by atoms with E-state index in [0.29, 0.717) is 35.9 Å². The Hall–Kier alpha value is -3.32. The number of benzene rings is 1. The second-order valence-corrected chi connectivity index (χ2v) is 17.0. The second kappa shape index (κ2) is 13.1. The van der Waals surface area contributed by atoms with Gasteiger partial charge in [0, 0.05) is 0 Å². The molecule has 5 aliphatic rings. The molecule has 3 N–H and O–H groups in total. The maximum Gasteiger partial charge on any atom is 0.457 e. The number of carbonyl (C=O) groups is 4. The van der Waals surface area contributed by atoms with E-state index in [4.69, 9.17) is 29.3 Å². The van der Waals surface area contributed by atoms with Crippen molar-refractivity contribution in [3.63, 3.8) is 0 Å². The van der Waals surface area contributed by atoms with Gasteiger partial charge in [0.25, 0.3) is 0 Å². The molecule has 2 saturated heterocycles. The molecule has 3 aliphatic carbocycles. The van der Waals surface area contributed by atoms with Crippen molar-refractivity contribution in [3.05, 3.63) is 28.8 Å². The van der Waals surface area contributed by atoms with Gasteiger partial charge >= 0.3 is 19.2 Å². The van der Waals surface area contributed by atoms with Gasteiger partial charge in [-0.05, 0) is 115 Å². The highest BCUT2D eigenvalue weighted by atomic mass is 16.7.